The number of hydrogen-bond donors (Lipinski definition) is 0. The molecule has 0 radical (unpaired) electrons. The Hall–Kier alpha value is -2.48. The Kier molecular flexibility index (Phi) is 19.6. The highest BCUT2D eigenvalue weighted by Gasteiger charge is 2.08. The van der Waals surface area contributed by atoms with Crippen LogP contribution in [0.2, 0.25) is 0 Å². The first-order valence-electron chi connectivity index (χ1n) is 16.3. The van der Waals surface area contributed by atoms with E-state index in [1.165, 1.54) is 103 Å². The van der Waals surface area contributed by atoms with Gasteiger partial charge in [0.15, 0.2) is 0 Å². The largest absolute Gasteiger partial charge is 0.251 e. The van der Waals surface area contributed by atoms with Crippen LogP contribution in [0.3, 0.4) is 0 Å². The van der Waals surface area contributed by atoms with Crippen LogP contribution in [-0.2, 0) is 0 Å². The van der Waals surface area contributed by atoms with E-state index in [-0.39, 0.29) is 0 Å². The van der Waals surface area contributed by atoms with Gasteiger partial charge in [-0.2, -0.15) is 0 Å². The molecule has 39 heavy (non-hydrogen) atoms. The highest BCUT2D eigenvalue weighted by atomic mass is 14.8. The number of rotatable bonds is 23. The van der Waals surface area contributed by atoms with Crippen molar-refractivity contribution in [2.24, 2.45) is 9.98 Å². The van der Waals surface area contributed by atoms with Gasteiger partial charge in [0.2, 0.25) is 0 Å². The first-order valence-corrected chi connectivity index (χ1v) is 16.3. The average Bonchev–Trinajstić information content (AvgIpc) is 2.97. The SMILES string of the molecule is CCCCCCCCCCCCC/C=C/C(=Nc1ccccc1)C(CCCCCCCC)=Nc1ccccc1. The van der Waals surface area contributed by atoms with Crippen molar-refractivity contribution in [3.63, 3.8) is 0 Å². The molecule has 0 amide bonds. The van der Waals surface area contributed by atoms with Crippen LogP contribution in [0.4, 0.5) is 11.4 Å². The van der Waals surface area contributed by atoms with Crippen LogP contribution in [0.15, 0.2) is 82.8 Å². The molecular weight excluding hydrogens is 472 g/mol. The lowest BCUT2D eigenvalue weighted by molar-refractivity contribution is 0.550. The van der Waals surface area contributed by atoms with Crippen molar-refractivity contribution in [3.05, 3.63) is 72.8 Å². The standard InChI is InChI=1S/C37H56N2/c1-3-5-7-9-11-12-13-14-15-16-17-19-27-33-37(39-35-30-24-21-25-31-35)36(32-26-18-10-8-6-4-2)38-34-28-22-20-23-29-34/h20-25,27-31,33H,3-19,26,32H2,1-2H3/b33-27+,38-36?,39-37?. The molecule has 0 bridgehead atoms. The van der Waals surface area contributed by atoms with Crippen molar-refractivity contribution in [2.45, 2.75) is 136 Å². The van der Waals surface area contributed by atoms with Gasteiger partial charge in [-0.1, -0.05) is 153 Å². The Morgan fingerprint density at radius 2 is 0.949 bits per heavy atom. The lowest BCUT2D eigenvalue weighted by atomic mass is 10.0. The summed E-state index contributed by atoms with van der Waals surface area (Å²) in [5, 5.41) is 0. The number of para-hydroxylation sites is 2. The lowest BCUT2D eigenvalue weighted by Gasteiger charge is -2.09. The number of hydrogen-bond acceptors (Lipinski definition) is 2. The molecule has 2 nitrogen and oxygen atoms in total. The summed E-state index contributed by atoms with van der Waals surface area (Å²) in [7, 11) is 0. The molecular formula is C37H56N2. The van der Waals surface area contributed by atoms with Gasteiger partial charge in [-0.15, -0.1) is 0 Å². The topological polar surface area (TPSA) is 24.7 Å². The maximum absolute atomic E-state index is 5.10. The molecule has 0 aliphatic carbocycles. The average molecular weight is 529 g/mol. The monoisotopic (exact) mass is 528 g/mol. The molecule has 214 valence electrons. The summed E-state index contributed by atoms with van der Waals surface area (Å²) in [6, 6.07) is 20.7. The molecule has 0 atom stereocenters. The fourth-order valence-corrected chi connectivity index (χ4v) is 4.93. The summed E-state index contributed by atoms with van der Waals surface area (Å²) in [5.41, 5.74) is 4.13. The first-order chi connectivity index (χ1) is 19.3. The Balaban J connectivity index is 1.94. The molecule has 0 unspecified atom stereocenters. The third-order valence-corrected chi connectivity index (χ3v) is 7.34. The Bertz CT molecular complexity index is 911. The zero-order valence-electron chi connectivity index (χ0n) is 25.3. The molecule has 2 heteroatoms. The van der Waals surface area contributed by atoms with Crippen molar-refractivity contribution < 1.29 is 0 Å². The zero-order valence-corrected chi connectivity index (χ0v) is 25.3. The van der Waals surface area contributed by atoms with Crippen LogP contribution in [0, 0.1) is 0 Å². The van der Waals surface area contributed by atoms with Gasteiger partial charge in [-0.3, -0.25) is 4.99 Å². The van der Waals surface area contributed by atoms with Gasteiger partial charge >= 0.3 is 0 Å². The maximum Gasteiger partial charge on any atom is 0.0848 e. The molecule has 0 saturated heterocycles. The Labute approximate surface area is 241 Å². The van der Waals surface area contributed by atoms with Gasteiger partial charge in [-0.05, 0) is 56.0 Å². The van der Waals surface area contributed by atoms with Crippen LogP contribution in [0.25, 0.3) is 0 Å². The van der Waals surface area contributed by atoms with E-state index in [0.717, 1.165) is 42.1 Å². The van der Waals surface area contributed by atoms with E-state index in [0.29, 0.717) is 0 Å². The van der Waals surface area contributed by atoms with E-state index >= 15 is 0 Å². The summed E-state index contributed by atoms with van der Waals surface area (Å²) in [6.45, 7) is 4.57. The van der Waals surface area contributed by atoms with Crippen molar-refractivity contribution in [3.8, 4) is 0 Å². The highest BCUT2D eigenvalue weighted by Crippen LogP contribution is 2.18. The minimum absolute atomic E-state index is 0.968. The van der Waals surface area contributed by atoms with Crippen LogP contribution < -0.4 is 0 Å². The number of allylic oxidation sites excluding steroid dienone is 2. The van der Waals surface area contributed by atoms with Crippen LogP contribution in [0.5, 0.6) is 0 Å². The molecule has 0 saturated carbocycles. The van der Waals surface area contributed by atoms with Gasteiger partial charge < -0.3 is 0 Å². The second-order valence-corrected chi connectivity index (χ2v) is 11.0. The van der Waals surface area contributed by atoms with Gasteiger partial charge in [0.05, 0.1) is 22.8 Å². The summed E-state index contributed by atoms with van der Waals surface area (Å²) in [5.74, 6) is 0. The summed E-state index contributed by atoms with van der Waals surface area (Å²) < 4.78 is 0. The molecule has 0 aliphatic heterocycles. The fourth-order valence-electron chi connectivity index (χ4n) is 4.93. The highest BCUT2D eigenvalue weighted by molar-refractivity contribution is 6.47. The van der Waals surface area contributed by atoms with Crippen molar-refractivity contribution in [1.82, 2.24) is 0 Å². The third kappa shape index (κ3) is 17.0. The van der Waals surface area contributed by atoms with Gasteiger partial charge in [0.25, 0.3) is 0 Å². The number of aliphatic imine (C=N–C) groups is 2. The number of benzene rings is 2. The molecule has 2 rings (SSSR count). The van der Waals surface area contributed by atoms with Crippen molar-refractivity contribution in [2.75, 3.05) is 0 Å². The minimum Gasteiger partial charge on any atom is -0.251 e. The van der Waals surface area contributed by atoms with Gasteiger partial charge in [-0.25, -0.2) is 4.99 Å². The fraction of sp³-hybridized carbons (Fsp3) is 0.568. The molecule has 0 N–H and O–H groups in total. The lowest BCUT2D eigenvalue weighted by Crippen LogP contribution is -2.12. The second-order valence-electron chi connectivity index (χ2n) is 11.0. The molecule has 0 aliphatic rings. The zero-order chi connectivity index (χ0) is 27.6. The second kappa shape index (κ2) is 23.4. The van der Waals surface area contributed by atoms with Crippen LogP contribution in [0.1, 0.15) is 136 Å². The normalized spacial score (nSPS) is 12.5. The predicted molar refractivity (Wildman–Crippen MR) is 175 cm³/mol. The van der Waals surface area contributed by atoms with Crippen molar-refractivity contribution in [1.29, 1.82) is 0 Å². The molecule has 0 aromatic heterocycles. The van der Waals surface area contributed by atoms with E-state index in [4.69, 9.17) is 9.98 Å². The Morgan fingerprint density at radius 1 is 0.513 bits per heavy atom. The summed E-state index contributed by atoms with van der Waals surface area (Å²) in [4.78, 5) is 10.2. The van der Waals surface area contributed by atoms with E-state index in [1.54, 1.807) is 0 Å². The third-order valence-electron chi connectivity index (χ3n) is 7.34. The molecule has 0 spiro atoms. The minimum atomic E-state index is 0.968. The number of unbranched alkanes of at least 4 members (excludes halogenated alkanes) is 16. The maximum atomic E-state index is 5.10. The van der Waals surface area contributed by atoms with E-state index in [2.05, 4.69) is 86.7 Å². The number of nitrogens with zero attached hydrogens (tertiary/aromatic N) is 2. The van der Waals surface area contributed by atoms with Gasteiger partial charge in [0, 0.05) is 0 Å². The quantitative estimate of drug-likeness (QED) is 0.101. The smallest absolute Gasteiger partial charge is 0.0848 e. The first kappa shape index (κ1) is 32.7. The summed E-state index contributed by atoms with van der Waals surface area (Å²) >= 11 is 0. The molecule has 0 fully saturated rings. The summed E-state index contributed by atoms with van der Waals surface area (Å²) in [6.07, 6.45) is 29.6. The van der Waals surface area contributed by atoms with Crippen LogP contribution >= 0.6 is 0 Å². The molecule has 2 aromatic carbocycles. The van der Waals surface area contributed by atoms with Gasteiger partial charge in [0.1, 0.15) is 0 Å². The van der Waals surface area contributed by atoms with Crippen molar-refractivity contribution >= 4 is 22.8 Å². The van der Waals surface area contributed by atoms with E-state index in [1.807, 2.05) is 0 Å². The van der Waals surface area contributed by atoms with E-state index < -0.39 is 0 Å². The van der Waals surface area contributed by atoms with Crippen LogP contribution in [-0.4, -0.2) is 11.4 Å². The Morgan fingerprint density at radius 3 is 1.46 bits per heavy atom. The molecule has 2 aromatic rings. The molecule has 0 heterocycles. The van der Waals surface area contributed by atoms with E-state index in [9.17, 15) is 0 Å². The predicted octanol–water partition coefficient (Wildman–Crippen LogP) is 12.5.